The van der Waals surface area contributed by atoms with E-state index in [0.29, 0.717) is 21.2 Å². The van der Waals surface area contributed by atoms with Gasteiger partial charge in [-0.1, -0.05) is 28.1 Å². The number of rotatable bonds is 5. The Bertz CT molecular complexity index is 898. The molecule has 0 aliphatic rings. The van der Waals surface area contributed by atoms with Crippen LogP contribution in [-0.2, 0) is 4.79 Å². The lowest BCUT2D eigenvalue weighted by Crippen LogP contribution is -2.17. The number of amides is 2. The van der Waals surface area contributed by atoms with Crippen LogP contribution in [0.15, 0.2) is 56.5 Å². The van der Waals surface area contributed by atoms with Crippen LogP contribution in [0.2, 0.25) is 0 Å². The molecule has 7 nitrogen and oxygen atoms in total. The number of carbonyl (C=O) groups is 2. The highest BCUT2D eigenvalue weighted by molar-refractivity contribution is 9.11. The molecule has 0 radical (unpaired) electrons. The van der Waals surface area contributed by atoms with Crippen LogP contribution in [0.1, 0.15) is 21.5 Å². The van der Waals surface area contributed by atoms with Gasteiger partial charge in [0, 0.05) is 21.7 Å². The molecule has 0 aromatic heterocycles. The van der Waals surface area contributed by atoms with E-state index in [0.717, 1.165) is 10.5 Å². The zero-order chi connectivity index (χ0) is 19.1. The van der Waals surface area contributed by atoms with Gasteiger partial charge in [-0.25, -0.2) is 10.9 Å². The Morgan fingerprint density at radius 2 is 1.92 bits per heavy atom. The highest BCUT2D eigenvalue weighted by Gasteiger charge is 2.07. The summed E-state index contributed by atoms with van der Waals surface area (Å²) in [7, 11) is 0. The summed E-state index contributed by atoms with van der Waals surface area (Å²) in [4.78, 5) is 23.1. The highest BCUT2D eigenvalue weighted by atomic mass is 79.9. The minimum atomic E-state index is -0.676. The van der Waals surface area contributed by atoms with Gasteiger partial charge >= 0.3 is 0 Å². The van der Waals surface area contributed by atoms with Crippen molar-refractivity contribution < 1.29 is 19.9 Å². The van der Waals surface area contributed by atoms with Crippen LogP contribution in [-0.4, -0.2) is 28.3 Å². The van der Waals surface area contributed by atoms with Gasteiger partial charge in [0.05, 0.1) is 10.7 Å². The Morgan fingerprint density at radius 3 is 2.65 bits per heavy atom. The molecule has 0 saturated carbocycles. The summed E-state index contributed by atoms with van der Waals surface area (Å²) in [6.07, 6.45) is 3.89. The van der Waals surface area contributed by atoms with E-state index in [1.165, 1.54) is 17.8 Å². The van der Waals surface area contributed by atoms with E-state index in [9.17, 15) is 14.7 Å². The minimum Gasteiger partial charge on any atom is -0.506 e. The molecule has 2 amide bonds. The van der Waals surface area contributed by atoms with Crippen LogP contribution in [0.25, 0.3) is 6.08 Å². The molecule has 0 atom stereocenters. The lowest BCUT2D eigenvalue weighted by Gasteiger charge is -2.04. The van der Waals surface area contributed by atoms with Crippen molar-refractivity contribution in [3.05, 3.63) is 68.1 Å². The van der Waals surface area contributed by atoms with Crippen LogP contribution < -0.4 is 10.9 Å². The Labute approximate surface area is 165 Å². The monoisotopic (exact) mass is 481 g/mol. The van der Waals surface area contributed by atoms with Gasteiger partial charge in [0.15, 0.2) is 0 Å². The molecule has 0 aliphatic carbocycles. The third-order valence-corrected chi connectivity index (χ3v) is 4.18. The van der Waals surface area contributed by atoms with E-state index in [-0.39, 0.29) is 5.75 Å². The number of halogens is 2. The predicted molar refractivity (Wildman–Crippen MR) is 104 cm³/mol. The Balaban J connectivity index is 2.09. The van der Waals surface area contributed by atoms with Gasteiger partial charge in [0.1, 0.15) is 5.75 Å². The Kier molecular flexibility index (Phi) is 7.07. The normalized spacial score (nSPS) is 11.0. The summed E-state index contributed by atoms with van der Waals surface area (Å²) in [5.41, 5.74) is 5.18. The van der Waals surface area contributed by atoms with Gasteiger partial charge in [0.2, 0.25) is 0 Å². The van der Waals surface area contributed by atoms with Crippen molar-refractivity contribution >= 4 is 56.0 Å². The maximum Gasteiger partial charge on any atom is 0.271 e. The van der Waals surface area contributed by atoms with Crippen LogP contribution >= 0.6 is 31.9 Å². The number of benzene rings is 2. The predicted octanol–water partition coefficient (Wildman–Crippen LogP) is 3.20. The molecule has 0 aliphatic heterocycles. The third-order valence-electron chi connectivity index (χ3n) is 3.11. The number of hydrazone groups is 1. The molecule has 0 fully saturated rings. The van der Waals surface area contributed by atoms with E-state index >= 15 is 0 Å². The van der Waals surface area contributed by atoms with E-state index in [1.54, 1.807) is 36.4 Å². The van der Waals surface area contributed by atoms with E-state index in [1.807, 2.05) is 0 Å². The maximum atomic E-state index is 12.2. The number of aromatic hydroxyl groups is 1. The highest BCUT2D eigenvalue weighted by Crippen LogP contribution is 2.30. The first-order valence-corrected chi connectivity index (χ1v) is 8.73. The number of hydrogen-bond acceptors (Lipinski definition) is 5. The SMILES string of the molecule is O=C(/C=C/c1cccc(C(=O)N/N=C/c2cc(Br)cc(Br)c2O)c1)NO. The fourth-order valence-corrected chi connectivity index (χ4v) is 3.16. The second-order valence-corrected chi connectivity index (χ2v) is 6.73. The first kappa shape index (κ1) is 19.8. The summed E-state index contributed by atoms with van der Waals surface area (Å²) in [6, 6.07) is 9.81. The number of nitrogens with one attached hydrogen (secondary N) is 2. The molecule has 0 spiro atoms. The van der Waals surface area contributed by atoms with Gasteiger partial charge < -0.3 is 5.11 Å². The first-order chi connectivity index (χ1) is 12.4. The van der Waals surface area contributed by atoms with Crippen LogP contribution in [0, 0.1) is 0 Å². The van der Waals surface area contributed by atoms with Crippen LogP contribution in [0.5, 0.6) is 5.75 Å². The summed E-state index contributed by atoms with van der Waals surface area (Å²) >= 11 is 6.51. The number of hydroxylamine groups is 1. The molecule has 0 bridgehead atoms. The van der Waals surface area contributed by atoms with E-state index < -0.39 is 11.8 Å². The standard InChI is InChI=1S/C17H13Br2N3O4/c18-13-7-12(16(24)14(19)8-13)9-20-21-17(25)11-3-1-2-10(6-11)4-5-15(23)22-26/h1-9,24,26H,(H,21,25)(H,22,23)/b5-4+,20-9+. The van der Waals surface area contributed by atoms with Crippen molar-refractivity contribution in [3.63, 3.8) is 0 Å². The molecule has 26 heavy (non-hydrogen) atoms. The molecule has 4 N–H and O–H groups in total. The molecule has 134 valence electrons. The van der Waals surface area contributed by atoms with Crippen molar-refractivity contribution in [2.75, 3.05) is 0 Å². The number of phenolic OH excluding ortho intramolecular Hbond substituents is 1. The molecule has 0 heterocycles. The van der Waals surface area contributed by atoms with Gasteiger partial charge in [0.25, 0.3) is 11.8 Å². The van der Waals surface area contributed by atoms with Crippen molar-refractivity contribution in [1.82, 2.24) is 10.9 Å². The zero-order valence-corrected chi connectivity index (χ0v) is 16.3. The number of phenols is 1. The molecule has 0 unspecified atom stereocenters. The molecular weight excluding hydrogens is 470 g/mol. The topological polar surface area (TPSA) is 111 Å². The second-order valence-electron chi connectivity index (χ2n) is 4.96. The number of carbonyl (C=O) groups excluding carboxylic acids is 2. The van der Waals surface area contributed by atoms with Gasteiger partial charge in [-0.3, -0.25) is 14.8 Å². The average Bonchev–Trinajstić information content (AvgIpc) is 2.63. The molecule has 2 aromatic rings. The summed E-state index contributed by atoms with van der Waals surface area (Å²) in [5.74, 6) is -1.14. The minimum absolute atomic E-state index is 0.000457. The van der Waals surface area contributed by atoms with Crippen molar-refractivity contribution in [2.45, 2.75) is 0 Å². The smallest absolute Gasteiger partial charge is 0.271 e. The van der Waals surface area contributed by atoms with E-state index in [4.69, 9.17) is 5.21 Å². The van der Waals surface area contributed by atoms with E-state index in [2.05, 4.69) is 42.4 Å². The van der Waals surface area contributed by atoms with Crippen LogP contribution in [0.4, 0.5) is 0 Å². The van der Waals surface area contributed by atoms with Crippen LogP contribution in [0.3, 0.4) is 0 Å². The van der Waals surface area contributed by atoms with Gasteiger partial charge in [-0.2, -0.15) is 5.10 Å². The molecule has 2 aromatic carbocycles. The number of hydrogen-bond donors (Lipinski definition) is 4. The quantitative estimate of drug-likeness (QED) is 0.227. The second kappa shape index (κ2) is 9.27. The first-order valence-electron chi connectivity index (χ1n) is 7.14. The van der Waals surface area contributed by atoms with Crippen molar-refractivity contribution in [2.24, 2.45) is 5.10 Å². The lowest BCUT2D eigenvalue weighted by molar-refractivity contribution is -0.124. The van der Waals surface area contributed by atoms with Crippen molar-refractivity contribution in [1.29, 1.82) is 0 Å². The number of nitrogens with zero attached hydrogens (tertiary/aromatic N) is 1. The molecular formula is C17H13Br2N3O4. The largest absolute Gasteiger partial charge is 0.506 e. The van der Waals surface area contributed by atoms with Gasteiger partial charge in [-0.15, -0.1) is 0 Å². The van der Waals surface area contributed by atoms with Crippen molar-refractivity contribution in [3.8, 4) is 5.75 Å². The summed E-state index contributed by atoms with van der Waals surface area (Å²) < 4.78 is 1.23. The average molecular weight is 483 g/mol. The summed E-state index contributed by atoms with van der Waals surface area (Å²) in [6.45, 7) is 0. The maximum absolute atomic E-state index is 12.2. The molecule has 2 rings (SSSR count). The zero-order valence-electron chi connectivity index (χ0n) is 13.1. The summed E-state index contributed by atoms with van der Waals surface area (Å²) in [5, 5.41) is 22.2. The third kappa shape index (κ3) is 5.51. The lowest BCUT2D eigenvalue weighted by atomic mass is 10.1. The van der Waals surface area contributed by atoms with Gasteiger partial charge in [-0.05, 0) is 51.8 Å². The molecule has 9 heteroatoms. The Hall–Kier alpha value is -2.49. The Morgan fingerprint density at radius 1 is 1.15 bits per heavy atom. The molecule has 0 saturated heterocycles. The fraction of sp³-hybridized carbons (Fsp3) is 0. The fourth-order valence-electron chi connectivity index (χ4n) is 1.90.